The zero-order chi connectivity index (χ0) is 17.4. The van der Waals surface area contributed by atoms with Gasteiger partial charge in [0.1, 0.15) is 5.75 Å². The van der Waals surface area contributed by atoms with E-state index in [0.29, 0.717) is 23.4 Å². The fraction of sp³-hybridized carbons (Fsp3) is 0.211. The number of fused-ring (bicyclic) bond motifs is 2. The molecule has 0 radical (unpaired) electrons. The van der Waals surface area contributed by atoms with E-state index >= 15 is 0 Å². The van der Waals surface area contributed by atoms with Crippen LogP contribution in [0.25, 0.3) is 21.8 Å². The third-order valence-electron chi connectivity index (χ3n) is 4.11. The van der Waals surface area contributed by atoms with Crippen LogP contribution in [0, 0.1) is 0 Å². The van der Waals surface area contributed by atoms with Gasteiger partial charge in [-0.1, -0.05) is 18.5 Å². The van der Waals surface area contributed by atoms with Crippen molar-refractivity contribution in [1.82, 2.24) is 15.0 Å². The van der Waals surface area contributed by atoms with Crippen LogP contribution in [0.15, 0.2) is 36.5 Å². The fourth-order valence-corrected chi connectivity index (χ4v) is 3.29. The Labute approximate surface area is 149 Å². The Kier molecular flexibility index (Phi) is 4.01. The summed E-state index contributed by atoms with van der Waals surface area (Å²) in [6.07, 6.45) is 2.71. The summed E-state index contributed by atoms with van der Waals surface area (Å²) in [5.41, 5.74) is 2.89. The number of aromatic nitrogens is 3. The molecule has 5 nitrogen and oxygen atoms in total. The topological polar surface area (TPSA) is 62.9 Å². The number of aromatic amines is 2. The molecule has 128 valence electrons. The third-order valence-corrected chi connectivity index (χ3v) is 4.53. The molecule has 0 amide bonds. The molecule has 3 heterocycles. The van der Waals surface area contributed by atoms with Gasteiger partial charge < -0.3 is 19.4 Å². The van der Waals surface area contributed by atoms with Gasteiger partial charge >= 0.3 is 0 Å². The van der Waals surface area contributed by atoms with E-state index in [1.165, 1.54) is 0 Å². The molecule has 0 aliphatic rings. The van der Waals surface area contributed by atoms with Crippen molar-refractivity contribution < 1.29 is 9.47 Å². The van der Waals surface area contributed by atoms with E-state index in [0.717, 1.165) is 39.7 Å². The normalized spacial score (nSPS) is 11.3. The summed E-state index contributed by atoms with van der Waals surface area (Å²) in [7, 11) is 0. The quantitative estimate of drug-likeness (QED) is 0.500. The zero-order valence-electron chi connectivity index (χ0n) is 14.0. The van der Waals surface area contributed by atoms with E-state index in [1.807, 2.05) is 50.4 Å². The van der Waals surface area contributed by atoms with Gasteiger partial charge in [-0.15, -0.1) is 0 Å². The Morgan fingerprint density at radius 1 is 1.12 bits per heavy atom. The van der Waals surface area contributed by atoms with E-state index in [4.69, 9.17) is 21.1 Å². The molecule has 25 heavy (non-hydrogen) atoms. The number of aryl methyl sites for hydroxylation is 1. The third kappa shape index (κ3) is 2.81. The van der Waals surface area contributed by atoms with Crippen LogP contribution in [-0.2, 0) is 6.42 Å². The number of nitrogens with one attached hydrogen (secondary N) is 2. The van der Waals surface area contributed by atoms with Crippen LogP contribution in [0.5, 0.6) is 17.5 Å². The number of hydrogen-bond acceptors (Lipinski definition) is 3. The van der Waals surface area contributed by atoms with E-state index in [2.05, 4.69) is 15.0 Å². The van der Waals surface area contributed by atoms with Crippen LogP contribution in [0.4, 0.5) is 0 Å². The number of nitrogens with zero attached hydrogens (tertiary/aromatic N) is 1. The molecule has 4 aromatic rings. The first-order valence-corrected chi connectivity index (χ1v) is 8.66. The first-order valence-electron chi connectivity index (χ1n) is 8.28. The molecule has 0 bridgehead atoms. The van der Waals surface area contributed by atoms with Crippen molar-refractivity contribution >= 4 is 33.4 Å². The Hall–Kier alpha value is -2.66. The minimum Gasteiger partial charge on any atom is -0.477 e. The lowest BCUT2D eigenvalue weighted by molar-refractivity contribution is 0.325. The molecule has 0 unspecified atom stereocenters. The molecule has 3 aromatic heterocycles. The predicted molar refractivity (Wildman–Crippen MR) is 100 cm³/mol. The van der Waals surface area contributed by atoms with Gasteiger partial charge in [-0.05, 0) is 37.6 Å². The highest BCUT2D eigenvalue weighted by Crippen LogP contribution is 2.37. The lowest BCUT2D eigenvalue weighted by Gasteiger charge is -2.09. The van der Waals surface area contributed by atoms with Crippen molar-refractivity contribution in [3.05, 3.63) is 47.2 Å². The first kappa shape index (κ1) is 15.8. The van der Waals surface area contributed by atoms with E-state index < -0.39 is 0 Å². The summed E-state index contributed by atoms with van der Waals surface area (Å²) in [5.74, 6) is 1.67. The smallest absolute Gasteiger partial charge is 0.227 e. The van der Waals surface area contributed by atoms with Crippen molar-refractivity contribution in [2.75, 3.05) is 6.61 Å². The second-order valence-electron chi connectivity index (χ2n) is 5.72. The van der Waals surface area contributed by atoms with Crippen LogP contribution >= 0.6 is 11.6 Å². The number of pyridine rings is 1. The Morgan fingerprint density at radius 2 is 2.00 bits per heavy atom. The van der Waals surface area contributed by atoms with Gasteiger partial charge in [-0.25, -0.2) is 0 Å². The van der Waals surface area contributed by atoms with Crippen LogP contribution in [0.2, 0.25) is 5.02 Å². The monoisotopic (exact) mass is 355 g/mol. The van der Waals surface area contributed by atoms with Crippen molar-refractivity contribution in [1.29, 1.82) is 0 Å². The lowest BCUT2D eigenvalue weighted by Crippen LogP contribution is -1.97. The second-order valence-corrected chi connectivity index (χ2v) is 6.10. The van der Waals surface area contributed by atoms with Gasteiger partial charge in [-0.2, -0.15) is 4.98 Å². The van der Waals surface area contributed by atoms with Crippen molar-refractivity contribution in [2.24, 2.45) is 0 Å². The number of ether oxygens (including phenoxy) is 2. The Morgan fingerprint density at radius 3 is 2.80 bits per heavy atom. The lowest BCUT2D eigenvalue weighted by atomic mass is 10.2. The standard InChI is InChI=1S/C19H18ClN3O2/c1-3-13-18(20)17-15(22-13)10-16(23-19(17)24-4-2)25-12-5-6-14-11(9-12)7-8-21-14/h5-10,21-22H,3-4H2,1-2H3. The first-order chi connectivity index (χ1) is 12.2. The number of rotatable bonds is 5. The van der Waals surface area contributed by atoms with Crippen LogP contribution in [0.1, 0.15) is 19.5 Å². The SMILES string of the molecule is CCOc1nc(Oc2ccc3[nH]ccc3c2)cc2[nH]c(CC)c(Cl)c12. The summed E-state index contributed by atoms with van der Waals surface area (Å²) in [4.78, 5) is 11.0. The number of benzene rings is 1. The van der Waals surface area contributed by atoms with Gasteiger partial charge in [-0.3, -0.25) is 0 Å². The van der Waals surface area contributed by atoms with Gasteiger partial charge in [0.25, 0.3) is 0 Å². The van der Waals surface area contributed by atoms with E-state index in [9.17, 15) is 0 Å². The number of hydrogen-bond donors (Lipinski definition) is 2. The second kappa shape index (κ2) is 6.33. The van der Waals surface area contributed by atoms with Gasteiger partial charge in [0.2, 0.25) is 11.8 Å². The molecular formula is C19H18ClN3O2. The van der Waals surface area contributed by atoms with E-state index in [-0.39, 0.29) is 0 Å². The summed E-state index contributed by atoms with van der Waals surface area (Å²) in [6, 6.07) is 9.71. The minimum absolute atomic E-state index is 0.464. The van der Waals surface area contributed by atoms with E-state index in [1.54, 1.807) is 0 Å². The molecule has 6 heteroatoms. The summed E-state index contributed by atoms with van der Waals surface area (Å²) >= 11 is 6.47. The van der Waals surface area contributed by atoms with Crippen LogP contribution < -0.4 is 9.47 Å². The average Bonchev–Trinajstić information content (AvgIpc) is 3.19. The predicted octanol–water partition coefficient (Wildman–Crippen LogP) is 5.45. The minimum atomic E-state index is 0.464. The molecule has 1 aromatic carbocycles. The summed E-state index contributed by atoms with van der Waals surface area (Å²) in [5, 5.41) is 2.54. The molecular weight excluding hydrogens is 338 g/mol. The average molecular weight is 356 g/mol. The highest BCUT2D eigenvalue weighted by molar-refractivity contribution is 6.37. The highest BCUT2D eigenvalue weighted by atomic mass is 35.5. The molecule has 0 aliphatic heterocycles. The fourth-order valence-electron chi connectivity index (χ4n) is 2.93. The molecule has 2 N–H and O–H groups in total. The molecule has 0 fully saturated rings. The van der Waals surface area contributed by atoms with Crippen molar-refractivity contribution in [3.8, 4) is 17.5 Å². The van der Waals surface area contributed by atoms with Crippen molar-refractivity contribution in [2.45, 2.75) is 20.3 Å². The van der Waals surface area contributed by atoms with Crippen LogP contribution in [0.3, 0.4) is 0 Å². The Balaban J connectivity index is 1.78. The zero-order valence-corrected chi connectivity index (χ0v) is 14.8. The van der Waals surface area contributed by atoms with Crippen molar-refractivity contribution in [3.63, 3.8) is 0 Å². The maximum absolute atomic E-state index is 6.47. The van der Waals surface area contributed by atoms with Gasteiger partial charge in [0, 0.05) is 28.9 Å². The maximum atomic E-state index is 6.47. The van der Waals surface area contributed by atoms with Crippen LogP contribution in [-0.4, -0.2) is 21.6 Å². The maximum Gasteiger partial charge on any atom is 0.227 e. The number of H-pyrrole nitrogens is 2. The number of halogens is 1. The highest BCUT2D eigenvalue weighted by Gasteiger charge is 2.17. The summed E-state index contributed by atoms with van der Waals surface area (Å²) in [6.45, 7) is 4.47. The van der Waals surface area contributed by atoms with Gasteiger partial charge in [0.05, 0.1) is 22.5 Å². The summed E-state index contributed by atoms with van der Waals surface area (Å²) < 4.78 is 11.7. The molecule has 0 atom stereocenters. The largest absolute Gasteiger partial charge is 0.477 e. The molecule has 0 aliphatic carbocycles. The van der Waals surface area contributed by atoms with Gasteiger partial charge in [0.15, 0.2) is 0 Å². The molecule has 4 rings (SSSR count). The molecule has 0 saturated heterocycles. The Bertz CT molecular complexity index is 1050. The molecule has 0 spiro atoms. The molecule has 0 saturated carbocycles.